The molecular formula is C16H11N5O6. The molecular weight excluding hydrogens is 358 g/mol. The number of carbonyl (C=O) groups is 2. The monoisotopic (exact) mass is 369 g/mol. The lowest BCUT2D eigenvalue weighted by molar-refractivity contribution is -0.385. The maximum absolute atomic E-state index is 12.3. The molecule has 1 heterocycles. The number of hydrazine groups is 1. The van der Waals surface area contributed by atoms with Crippen molar-refractivity contribution in [1.82, 2.24) is 21.0 Å². The highest BCUT2D eigenvalue weighted by Crippen LogP contribution is 2.26. The summed E-state index contributed by atoms with van der Waals surface area (Å²) in [6, 6.07) is 9.28. The predicted octanol–water partition coefficient (Wildman–Crippen LogP) is 0.612. The molecule has 136 valence electrons. The summed E-state index contributed by atoms with van der Waals surface area (Å²) in [6.45, 7) is 0. The Morgan fingerprint density at radius 3 is 2.41 bits per heavy atom. The molecule has 27 heavy (non-hydrogen) atoms. The van der Waals surface area contributed by atoms with E-state index in [1.807, 2.05) is 0 Å². The number of nitrogens with zero attached hydrogens (tertiary/aromatic N) is 2. The molecule has 0 aliphatic carbocycles. The maximum Gasteiger partial charge on any atom is 0.310 e. The minimum atomic E-state index is -0.817. The van der Waals surface area contributed by atoms with Crippen LogP contribution in [0.1, 0.15) is 20.8 Å². The van der Waals surface area contributed by atoms with E-state index in [2.05, 4.69) is 21.0 Å². The Morgan fingerprint density at radius 1 is 1.07 bits per heavy atom. The molecule has 3 rings (SSSR count). The molecule has 0 unspecified atom stereocenters. The van der Waals surface area contributed by atoms with Gasteiger partial charge in [0.05, 0.1) is 10.3 Å². The van der Waals surface area contributed by atoms with Crippen molar-refractivity contribution in [2.24, 2.45) is 0 Å². The number of benzene rings is 2. The summed E-state index contributed by atoms with van der Waals surface area (Å²) >= 11 is 0. The van der Waals surface area contributed by atoms with Gasteiger partial charge in [-0.05, 0) is 18.2 Å². The number of nitro groups is 1. The molecule has 11 nitrogen and oxygen atoms in total. The normalized spacial score (nSPS) is 10.4. The van der Waals surface area contributed by atoms with Crippen LogP contribution in [0.25, 0.3) is 10.8 Å². The molecule has 3 aromatic rings. The molecule has 2 amide bonds. The smallest absolute Gasteiger partial charge is 0.310 e. The Bertz CT molecular complexity index is 1140. The van der Waals surface area contributed by atoms with Crippen LogP contribution in [-0.2, 0) is 0 Å². The van der Waals surface area contributed by atoms with Crippen molar-refractivity contribution >= 4 is 28.3 Å². The summed E-state index contributed by atoms with van der Waals surface area (Å²) in [6.07, 6.45) is 0. The number of H-pyrrole nitrogens is 1. The van der Waals surface area contributed by atoms with E-state index < -0.39 is 33.7 Å². The zero-order chi connectivity index (χ0) is 19.6. The van der Waals surface area contributed by atoms with Gasteiger partial charge in [-0.25, -0.2) is 5.10 Å². The van der Waals surface area contributed by atoms with Crippen LogP contribution < -0.4 is 16.4 Å². The van der Waals surface area contributed by atoms with Gasteiger partial charge in [-0.3, -0.25) is 35.3 Å². The van der Waals surface area contributed by atoms with Crippen LogP contribution in [-0.4, -0.2) is 32.0 Å². The molecule has 2 aromatic carbocycles. The van der Waals surface area contributed by atoms with Crippen LogP contribution in [0.15, 0.2) is 47.3 Å². The van der Waals surface area contributed by atoms with Crippen LogP contribution in [0, 0.1) is 10.1 Å². The quantitative estimate of drug-likeness (QED) is 0.387. The molecule has 0 saturated heterocycles. The third-order valence-corrected chi connectivity index (χ3v) is 3.63. The van der Waals surface area contributed by atoms with Crippen LogP contribution in [0.5, 0.6) is 5.75 Å². The number of aromatic hydroxyl groups is 1. The van der Waals surface area contributed by atoms with Crippen molar-refractivity contribution in [1.29, 1.82) is 0 Å². The van der Waals surface area contributed by atoms with E-state index in [9.17, 15) is 29.6 Å². The van der Waals surface area contributed by atoms with E-state index in [-0.39, 0.29) is 16.6 Å². The fraction of sp³-hybridized carbons (Fsp3) is 0. The van der Waals surface area contributed by atoms with Gasteiger partial charge in [-0.15, -0.1) is 0 Å². The number of amides is 2. The third-order valence-electron chi connectivity index (χ3n) is 3.63. The van der Waals surface area contributed by atoms with Gasteiger partial charge in [0.25, 0.3) is 17.4 Å². The van der Waals surface area contributed by atoms with Gasteiger partial charge < -0.3 is 5.11 Å². The zero-order valence-corrected chi connectivity index (χ0v) is 13.4. The first-order valence-corrected chi connectivity index (χ1v) is 7.44. The summed E-state index contributed by atoms with van der Waals surface area (Å²) in [7, 11) is 0. The van der Waals surface area contributed by atoms with Gasteiger partial charge >= 0.3 is 5.69 Å². The number of fused-ring (bicyclic) bond motifs is 1. The van der Waals surface area contributed by atoms with Crippen molar-refractivity contribution in [2.45, 2.75) is 0 Å². The summed E-state index contributed by atoms with van der Waals surface area (Å²) in [5.74, 6) is -2.29. The molecule has 0 aliphatic rings. The van der Waals surface area contributed by atoms with E-state index in [4.69, 9.17) is 0 Å². The Hall–Kier alpha value is -4.28. The number of hydrogen-bond acceptors (Lipinski definition) is 7. The Balaban J connectivity index is 1.77. The first-order chi connectivity index (χ1) is 12.9. The molecule has 4 N–H and O–H groups in total. The molecule has 1 aromatic heterocycles. The summed E-state index contributed by atoms with van der Waals surface area (Å²) < 4.78 is 0. The number of phenolic OH excluding ortho intramolecular Hbond substituents is 1. The van der Waals surface area contributed by atoms with E-state index in [1.165, 1.54) is 12.1 Å². The fourth-order valence-corrected chi connectivity index (χ4v) is 2.35. The lowest BCUT2D eigenvalue weighted by Crippen LogP contribution is -2.42. The largest absolute Gasteiger partial charge is 0.502 e. The molecule has 0 saturated carbocycles. The number of nitrogens with one attached hydrogen (secondary N) is 3. The number of rotatable bonds is 3. The second kappa shape index (κ2) is 6.92. The first-order valence-electron chi connectivity index (χ1n) is 7.44. The Morgan fingerprint density at radius 2 is 1.74 bits per heavy atom. The number of hydrogen-bond donors (Lipinski definition) is 4. The van der Waals surface area contributed by atoms with Gasteiger partial charge in [0.2, 0.25) is 0 Å². The molecule has 0 bridgehead atoms. The summed E-state index contributed by atoms with van der Waals surface area (Å²) in [5, 5.41) is 26.6. The fourth-order valence-electron chi connectivity index (χ4n) is 2.35. The minimum absolute atomic E-state index is 0.113. The van der Waals surface area contributed by atoms with E-state index in [0.717, 1.165) is 18.2 Å². The van der Waals surface area contributed by atoms with E-state index >= 15 is 0 Å². The van der Waals surface area contributed by atoms with Crippen molar-refractivity contribution < 1.29 is 19.6 Å². The maximum atomic E-state index is 12.3. The third kappa shape index (κ3) is 3.42. The average Bonchev–Trinajstić information content (AvgIpc) is 2.66. The summed E-state index contributed by atoms with van der Waals surface area (Å²) in [5.41, 5.74) is 2.98. The standard InChI is InChI=1S/C16H11N5O6/c22-12-7-8(5-6-11(12)21(26)27)14(23)18-20-16(25)13-9-3-1-2-4-10(9)15(24)19-17-13/h1-7,22H,(H,18,23)(H,19,24)(H,20,25). The predicted molar refractivity (Wildman–Crippen MR) is 92.1 cm³/mol. The lowest BCUT2D eigenvalue weighted by atomic mass is 10.1. The van der Waals surface area contributed by atoms with Crippen molar-refractivity contribution in [3.05, 3.63) is 74.2 Å². The number of carbonyl (C=O) groups excluding carboxylic acids is 2. The Kier molecular flexibility index (Phi) is 4.49. The highest BCUT2D eigenvalue weighted by atomic mass is 16.6. The van der Waals surface area contributed by atoms with Gasteiger partial charge in [0.15, 0.2) is 11.4 Å². The minimum Gasteiger partial charge on any atom is -0.502 e. The molecule has 0 aliphatic heterocycles. The van der Waals surface area contributed by atoms with Crippen LogP contribution in [0.4, 0.5) is 5.69 Å². The summed E-state index contributed by atoms with van der Waals surface area (Å²) in [4.78, 5) is 45.9. The van der Waals surface area contributed by atoms with Gasteiger partial charge in [-0.2, -0.15) is 5.10 Å². The van der Waals surface area contributed by atoms with E-state index in [1.54, 1.807) is 12.1 Å². The van der Waals surface area contributed by atoms with Gasteiger partial charge in [-0.1, -0.05) is 18.2 Å². The van der Waals surface area contributed by atoms with Crippen molar-refractivity contribution in [3.63, 3.8) is 0 Å². The number of phenols is 1. The van der Waals surface area contributed by atoms with Crippen LogP contribution >= 0.6 is 0 Å². The molecule has 11 heteroatoms. The SMILES string of the molecule is O=C(NNC(=O)c1n[nH]c(=O)c2ccccc12)c1ccc([N+](=O)[O-])c(O)c1. The number of nitro benzene ring substituents is 1. The van der Waals surface area contributed by atoms with Gasteiger partial charge in [0, 0.05) is 17.0 Å². The zero-order valence-electron chi connectivity index (χ0n) is 13.4. The first kappa shape index (κ1) is 17.5. The van der Waals surface area contributed by atoms with Crippen molar-refractivity contribution in [3.8, 4) is 5.75 Å². The second-order valence-corrected chi connectivity index (χ2v) is 5.32. The average molecular weight is 369 g/mol. The topological polar surface area (TPSA) is 167 Å². The molecule has 0 fully saturated rings. The highest BCUT2D eigenvalue weighted by molar-refractivity contribution is 6.06. The molecule has 0 spiro atoms. The lowest BCUT2D eigenvalue weighted by Gasteiger charge is -2.08. The molecule has 0 atom stereocenters. The van der Waals surface area contributed by atoms with Crippen LogP contribution in [0.2, 0.25) is 0 Å². The number of aromatic nitrogens is 2. The number of aromatic amines is 1. The second-order valence-electron chi connectivity index (χ2n) is 5.32. The van der Waals surface area contributed by atoms with Crippen molar-refractivity contribution in [2.75, 3.05) is 0 Å². The Labute approximate surface area is 149 Å². The molecule has 0 radical (unpaired) electrons. The highest BCUT2D eigenvalue weighted by Gasteiger charge is 2.18. The van der Waals surface area contributed by atoms with Crippen LogP contribution in [0.3, 0.4) is 0 Å². The van der Waals surface area contributed by atoms with Gasteiger partial charge in [0.1, 0.15) is 0 Å². The van der Waals surface area contributed by atoms with E-state index in [0.29, 0.717) is 5.39 Å².